The van der Waals surface area contributed by atoms with Crippen molar-refractivity contribution in [1.29, 1.82) is 0 Å². The number of carbonyl (C=O) groups excluding carboxylic acids is 1. The first kappa shape index (κ1) is 23.0. The Labute approximate surface area is 202 Å². The van der Waals surface area contributed by atoms with Gasteiger partial charge in [0, 0.05) is 11.4 Å². The largest absolute Gasteiger partial charge is 0.450 e. The lowest BCUT2D eigenvalue weighted by Gasteiger charge is -2.25. The number of thiophene rings is 1. The lowest BCUT2D eigenvalue weighted by atomic mass is 10.1. The Kier molecular flexibility index (Phi) is 5.98. The van der Waals surface area contributed by atoms with Crippen molar-refractivity contribution < 1.29 is 18.3 Å². The van der Waals surface area contributed by atoms with Gasteiger partial charge >= 0.3 is 11.8 Å². The minimum atomic E-state index is -0.584. The van der Waals surface area contributed by atoms with Crippen molar-refractivity contribution in [2.45, 2.75) is 26.4 Å². The number of ether oxygens (including phenoxy) is 1. The minimum absolute atomic E-state index is 0.109. The molecule has 0 radical (unpaired) electrons. The SMILES string of the molecule is CCOC(=O)N1CCc2c(sc3c2c(=O)n(-c2ccc(F)cc2)c(=O)n3Cc2ccc(F)cc2)C1. The fraction of sp³-hybridized carbons (Fsp3) is 0.240. The number of nitrogens with zero attached hydrogens (tertiary/aromatic N) is 3. The van der Waals surface area contributed by atoms with Gasteiger partial charge in [0.25, 0.3) is 5.56 Å². The first-order chi connectivity index (χ1) is 16.9. The van der Waals surface area contributed by atoms with E-state index < -0.39 is 29.0 Å². The molecule has 0 aliphatic carbocycles. The van der Waals surface area contributed by atoms with Gasteiger partial charge < -0.3 is 9.64 Å². The summed E-state index contributed by atoms with van der Waals surface area (Å²) in [6.07, 6.45) is 0.00435. The molecule has 1 aliphatic heterocycles. The molecule has 35 heavy (non-hydrogen) atoms. The number of benzene rings is 2. The van der Waals surface area contributed by atoms with Crippen LogP contribution in [0, 0.1) is 11.6 Å². The van der Waals surface area contributed by atoms with E-state index in [1.165, 1.54) is 52.3 Å². The average Bonchev–Trinajstić information content (AvgIpc) is 3.23. The normalized spacial score (nSPS) is 13.2. The zero-order valence-corrected chi connectivity index (χ0v) is 19.6. The maximum absolute atomic E-state index is 13.6. The Balaban J connectivity index is 1.72. The van der Waals surface area contributed by atoms with E-state index in [9.17, 15) is 23.2 Å². The number of hydrogen-bond donors (Lipinski definition) is 0. The van der Waals surface area contributed by atoms with Crippen LogP contribution in [0.25, 0.3) is 15.9 Å². The number of amides is 1. The Morgan fingerprint density at radius 1 is 1.03 bits per heavy atom. The summed E-state index contributed by atoms with van der Waals surface area (Å²) in [5, 5.41) is 0.402. The van der Waals surface area contributed by atoms with E-state index in [1.807, 2.05) is 0 Å². The summed E-state index contributed by atoms with van der Waals surface area (Å²) in [7, 11) is 0. The van der Waals surface area contributed by atoms with Gasteiger partial charge in [0.2, 0.25) is 0 Å². The Morgan fingerprint density at radius 2 is 1.69 bits per heavy atom. The first-order valence-corrected chi connectivity index (χ1v) is 11.9. The summed E-state index contributed by atoms with van der Waals surface area (Å²) < 4.78 is 34.6. The molecule has 2 aromatic heterocycles. The molecule has 10 heteroatoms. The number of halogens is 2. The van der Waals surface area contributed by atoms with E-state index in [4.69, 9.17) is 4.74 Å². The van der Waals surface area contributed by atoms with Gasteiger partial charge in [-0.2, -0.15) is 0 Å². The molecule has 0 unspecified atom stereocenters. The predicted molar refractivity (Wildman–Crippen MR) is 128 cm³/mol. The molecule has 0 saturated heterocycles. The van der Waals surface area contributed by atoms with Gasteiger partial charge in [-0.3, -0.25) is 9.36 Å². The van der Waals surface area contributed by atoms with E-state index in [0.717, 1.165) is 15.0 Å². The Bertz CT molecular complexity index is 1540. The van der Waals surface area contributed by atoms with E-state index in [2.05, 4.69) is 0 Å². The molecule has 2 aromatic carbocycles. The highest BCUT2D eigenvalue weighted by atomic mass is 32.1. The number of carbonyl (C=O) groups is 1. The summed E-state index contributed by atoms with van der Waals surface area (Å²) >= 11 is 1.29. The van der Waals surface area contributed by atoms with Gasteiger partial charge in [-0.1, -0.05) is 12.1 Å². The van der Waals surface area contributed by atoms with Gasteiger partial charge in [0.15, 0.2) is 0 Å². The van der Waals surface area contributed by atoms with Gasteiger partial charge in [0.1, 0.15) is 16.5 Å². The fourth-order valence-electron chi connectivity index (χ4n) is 4.31. The molecule has 4 aromatic rings. The minimum Gasteiger partial charge on any atom is -0.450 e. The molecule has 3 heterocycles. The zero-order chi connectivity index (χ0) is 24.7. The van der Waals surface area contributed by atoms with Gasteiger partial charge in [-0.05, 0) is 60.9 Å². The highest BCUT2D eigenvalue weighted by molar-refractivity contribution is 7.18. The van der Waals surface area contributed by atoms with Crippen LogP contribution < -0.4 is 11.2 Å². The van der Waals surface area contributed by atoms with Crippen LogP contribution in [0.15, 0.2) is 58.1 Å². The molecule has 5 rings (SSSR count). The maximum Gasteiger partial charge on any atom is 0.410 e. The number of aromatic nitrogens is 2. The van der Waals surface area contributed by atoms with E-state index in [1.54, 1.807) is 24.0 Å². The van der Waals surface area contributed by atoms with Gasteiger partial charge in [0.05, 0.1) is 30.8 Å². The average molecular weight is 498 g/mol. The number of hydrogen-bond acceptors (Lipinski definition) is 5. The molecular weight excluding hydrogens is 476 g/mol. The molecule has 0 fully saturated rings. The van der Waals surface area contributed by atoms with E-state index in [0.29, 0.717) is 28.7 Å². The van der Waals surface area contributed by atoms with Crippen molar-refractivity contribution >= 4 is 27.6 Å². The van der Waals surface area contributed by atoms with E-state index >= 15 is 0 Å². The predicted octanol–water partition coefficient (Wildman–Crippen LogP) is 4.06. The quantitative estimate of drug-likeness (QED) is 0.426. The molecule has 0 N–H and O–H groups in total. The number of rotatable bonds is 4. The molecule has 1 amide bonds. The highest BCUT2D eigenvalue weighted by Gasteiger charge is 2.29. The van der Waals surface area contributed by atoms with Crippen LogP contribution in [0.2, 0.25) is 0 Å². The van der Waals surface area contributed by atoms with E-state index in [-0.39, 0.29) is 25.4 Å². The van der Waals surface area contributed by atoms with Crippen molar-refractivity contribution in [3.8, 4) is 5.69 Å². The molecular formula is C25H21F2N3O4S. The summed E-state index contributed by atoms with van der Waals surface area (Å²) in [5.41, 5.74) is 0.645. The third-order valence-corrected chi connectivity index (χ3v) is 7.23. The van der Waals surface area contributed by atoms with Crippen LogP contribution in [0.4, 0.5) is 13.6 Å². The second-order valence-electron chi connectivity index (χ2n) is 8.17. The van der Waals surface area contributed by atoms with Crippen molar-refractivity contribution in [2.75, 3.05) is 13.2 Å². The molecule has 0 atom stereocenters. The summed E-state index contributed by atoms with van der Waals surface area (Å²) in [6, 6.07) is 10.9. The third kappa shape index (κ3) is 4.14. The van der Waals surface area contributed by atoms with Gasteiger partial charge in [-0.25, -0.2) is 22.9 Å². The first-order valence-electron chi connectivity index (χ1n) is 11.1. The van der Waals surface area contributed by atoms with Crippen molar-refractivity contribution in [2.24, 2.45) is 0 Å². The lowest BCUT2D eigenvalue weighted by Crippen LogP contribution is -2.39. The summed E-state index contributed by atoms with van der Waals surface area (Å²) in [4.78, 5) is 42.4. The molecule has 0 bridgehead atoms. The number of fused-ring (bicyclic) bond motifs is 3. The smallest absolute Gasteiger partial charge is 0.410 e. The van der Waals surface area contributed by atoms with Crippen LogP contribution >= 0.6 is 11.3 Å². The van der Waals surface area contributed by atoms with Crippen molar-refractivity contribution in [3.05, 3.63) is 97.0 Å². The van der Waals surface area contributed by atoms with Gasteiger partial charge in [-0.15, -0.1) is 11.3 Å². The maximum atomic E-state index is 13.6. The molecule has 180 valence electrons. The standard InChI is InChI=1S/C25H21F2N3O4S/c1-2-34-25(33)28-12-11-19-20(14-28)35-23-21(19)22(31)30(18-9-7-17(27)8-10-18)24(32)29(23)13-15-3-5-16(26)6-4-15/h3-10H,2,11-14H2,1H3. The van der Waals surface area contributed by atoms with Crippen LogP contribution in [0.3, 0.4) is 0 Å². The van der Waals surface area contributed by atoms with Crippen molar-refractivity contribution in [1.82, 2.24) is 14.0 Å². The highest BCUT2D eigenvalue weighted by Crippen LogP contribution is 2.33. The van der Waals surface area contributed by atoms with Crippen LogP contribution in [-0.4, -0.2) is 33.3 Å². The molecule has 0 saturated carbocycles. The lowest BCUT2D eigenvalue weighted by molar-refractivity contribution is 0.103. The monoisotopic (exact) mass is 497 g/mol. The van der Waals surface area contributed by atoms with Crippen LogP contribution in [-0.2, 0) is 24.2 Å². The zero-order valence-electron chi connectivity index (χ0n) is 18.8. The summed E-state index contributed by atoms with van der Waals surface area (Å²) in [5.74, 6) is -0.880. The second kappa shape index (κ2) is 9.10. The van der Waals surface area contributed by atoms with Crippen LogP contribution in [0.5, 0.6) is 0 Å². The summed E-state index contributed by atoms with van der Waals surface area (Å²) in [6.45, 7) is 2.75. The second-order valence-corrected chi connectivity index (χ2v) is 9.25. The molecule has 1 aliphatic rings. The van der Waals surface area contributed by atoms with Crippen LogP contribution in [0.1, 0.15) is 22.9 Å². The Hall–Kier alpha value is -3.79. The topological polar surface area (TPSA) is 73.5 Å². The Morgan fingerprint density at radius 3 is 2.34 bits per heavy atom. The fourth-order valence-corrected chi connectivity index (χ4v) is 5.65. The molecule has 7 nitrogen and oxygen atoms in total. The third-order valence-electron chi connectivity index (χ3n) is 5.99. The molecule has 0 spiro atoms. The van der Waals surface area contributed by atoms with Crippen molar-refractivity contribution in [3.63, 3.8) is 0 Å².